The predicted molar refractivity (Wildman–Crippen MR) is 177 cm³/mol. The Bertz CT molecular complexity index is 1150. The van der Waals surface area contributed by atoms with Gasteiger partial charge in [0, 0.05) is 11.4 Å². The molecule has 0 unspecified atom stereocenters. The molecule has 6 heteroatoms. The van der Waals surface area contributed by atoms with E-state index in [4.69, 9.17) is 21.7 Å². The van der Waals surface area contributed by atoms with Crippen molar-refractivity contribution in [2.24, 2.45) is 0 Å². The third kappa shape index (κ3) is 8.81. The Hall–Kier alpha value is -3.40. The van der Waals surface area contributed by atoms with E-state index in [1.807, 2.05) is 62.4 Å². The normalized spacial score (nSPS) is 11.0. The Morgan fingerprint density at radius 1 is 0.564 bits per heavy atom. The molecule has 39 heavy (non-hydrogen) atoms. The van der Waals surface area contributed by atoms with Gasteiger partial charge >= 0.3 is 105 Å². The molecule has 0 spiro atoms. The number of benzene rings is 4. The number of hydrogen-bond donors (Lipinski definition) is 2. The van der Waals surface area contributed by atoms with Crippen LogP contribution in [0, 0.1) is 0 Å². The van der Waals surface area contributed by atoms with Crippen molar-refractivity contribution in [3.8, 4) is 11.5 Å². The molecular formula is C33H41N2O2PS. The molecule has 0 amide bonds. The first-order valence-corrected chi connectivity index (χ1v) is 16.5. The van der Waals surface area contributed by atoms with Crippen LogP contribution >= 0.6 is 19.5 Å². The molecular weight excluding hydrogens is 519 g/mol. The van der Waals surface area contributed by atoms with Crippen LogP contribution in [-0.2, 0) is 0 Å². The molecule has 0 aliphatic heterocycles. The molecule has 4 nitrogen and oxygen atoms in total. The minimum absolute atomic E-state index is 0.535. The summed E-state index contributed by atoms with van der Waals surface area (Å²) in [6.07, 6.45) is 2.55. The Kier molecular flexibility index (Phi) is 12.3. The van der Waals surface area contributed by atoms with Gasteiger partial charge in [0.1, 0.15) is 11.5 Å². The van der Waals surface area contributed by atoms with Crippen LogP contribution in [-0.4, -0.2) is 30.7 Å². The van der Waals surface area contributed by atoms with Crippen LogP contribution in [0.2, 0.25) is 0 Å². The fourth-order valence-corrected chi connectivity index (χ4v) is 9.01. The molecule has 0 aromatic heterocycles. The third-order valence-corrected chi connectivity index (χ3v) is 12.2. The summed E-state index contributed by atoms with van der Waals surface area (Å²) < 4.78 is 10.8. The quantitative estimate of drug-likeness (QED) is 0.154. The number of rotatable bonds is 10. The van der Waals surface area contributed by atoms with E-state index in [-0.39, 0.29) is 0 Å². The molecule has 0 aliphatic carbocycles. The maximum atomic E-state index is 5.40. The third-order valence-electron chi connectivity index (χ3n) is 6.71. The van der Waals surface area contributed by atoms with Crippen molar-refractivity contribution in [1.82, 2.24) is 0 Å². The van der Waals surface area contributed by atoms with Crippen LogP contribution in [0.4, 0.5) is 11.4 Å². The molecule has 4 rings (SSSR count). The van der Waals surface area contributed by atoms with Crippen molar-refractivity contribution >= 4 is 46.6 Å². The average Bonchev–Trinajstić information content (AvgIpc) is 2.98. The molecule has 0 bridgehead atoms. The van der Waals surface area contributed by atoms with Gasteiger partial charge < -0.3 is 20.1 Å². The first-order valence-electron chi connectivity index (χ1n) is 13.7. The summed E-state index contributed by atoms with van der Waals surface area (Å²) in [5, 5.41) is 9.93. The van der Waals surface area contributed by atoms with E-state index >= 15 is 0 Å². The molecule has 0 heterocycles. The van der Waals surface area contributed by atoms with Crippen LogP contribution in [0.5, 0.6) is 11.5 Å². The first-order chi connectivity index (χ1) is 19.0. The van der Waals surface area contributed by atoms with Crippen molar-refractivity contribution in [1.29, 1.82) is 0 Å². The fraction of sp³-hybridized carbons (Fsp3) is 0.242. The summed E-state index contributed by atoms with van der Waals surface area (Å²) in [5.41, 5.74) is 1.82. The molecule has 206 valence electrons. The van der Waals surface area contributed by atoms with Crippen LogP contribution in [0.25, 0.3) is 0 Å². The van der Waals surface area contributed by atoms with E-state index in [1.165, 1.54) is 12.3 Å². The zero-order chi connectivity index (χ0) is 27.9. The van der Waals surface area contributed by atoms with Crippen LogP contribution < -0.4 is 30.7 Å². The summed E-state index contributed by atoms with van der Waals surface area (Å²) in [6.45, 7) is 9.92. The Morgan fingerprint density at radius 2 is 0.923 bits per heavy atom. The molecule has 4 aromatic carbocycles. The van der Waals surface area contributed by atoms with Gasteiger partial charge in [-0.2, -0.15) is 0 Å². The second-order valence-corrected chi connectivity index (χ2v) is 14.2. The number of anilines is 2. The zero-order valence-corrected chi connectivity index (χ0v) is 25.3. The van der Waals surface area contributed by atoms with Gasteiger partial charge in [0.05, 0.1) is 13.2 Å². The monoisotopic (exact) mass is 560 g/mol. The van der Waals surface area contributed by atoms with Gasteiger partial charge in [0.25, 0.3) is 0 Å². The standard InChI is InChI=1S/C17H20N2O2S.C16H21P/c1-3-20-15-9-5-13(6-10-15)18-17(22)19-14-7-11-16(12-8-14)21-4-2;1-3-17(4-2,15-11-7-5-8-12-15)16-13-9-6-10-14-16/h5-12H,3-4H2,1-2H3,(H2,18,19,22);5-14,17H,3-4H2,1-2H3. The van der Waals surface area contributed by atoms with Crippen molar-refractivity contribution in [2.75, 3.05) is 36.2 Å². The summed E-state index contributed by atoms with van der Waals surface area (Å²) in [5.74, 6) is 1.69. The number of hydrogen-bond acceptors (Lipinski definition) is 3. The zero-order valence-electron chi connectivity index (χ0n) is 23.4. The predicted octanol–water partition coefficient (Wildman–Crippen LogP) is 7.72. The van der Waals surface area contributed by atoms with Crippen molar-refractivity contribution in [3.63, 3.8) is 0 Å². The summed E-state index contributed by atoms with van der Waals surface area (Å²) in [6, 6.07) is 37.5. The van der Waals surface area contributed by atoms with Crippen LogP contribution in [0.15, 0.2) is 109 Å². The Balaban J connectivity index is 0.000000223. The molecule has 0 radical (unpaired) electrons. The van der Waals surface area contributed by atoms with Gasteiger partial charge in [0.2, 0.25) is 0 Å². The molecule has 0 atom stereocenters. The van der Waals surface area contributed by atoms with E-state index in [0.717, 1.165) is 22.9 Å². The van der Waals surface area contributed by atoms with Gasteiger partial charge in [-0.25, -0.2) is 0 Å². The van der Waals surface area contributed by atoms with Crippen molar-refractivity contribution in [3.05, 3.63) is 109 Å². The molecule has 0 aliphatic rings. The van der Waals surface area contributed by atoms with Gasteiger partial charge in [0.15, 0.2) is 5.11 Å². The van der Waals surface area contributed by atoms with Crippen LogP contribution in [0.3, 0.4) is 0 Å². The van der Waals surface area contributed by atoms with Crippen molar-refractivity contribution in [2.45, 2.75) is 27.7 Å². The second-order valence-electron chi connectivity index (χ2n) is 9.02. The van der Waals surface area contributed by atoms with E-state index in [1.54, 1.807) is 10.6 Å². The molecule has 0 saturated carbocycles. The number of ether oxygens (including phenoxy) is 2. The molecule has 0 saturated heterocycles. The van der Waals surface area contributed by atoms with Gasteiger partial charge in [-0.1, -0.05) is 0 Å². The van der Waals surface area contributed by atoms with Gasteiger partial charge in [-0.15, -0.1) is 0 Å². The summed E-state index contributed by atoms with van der Waals surface area (Å²) in [7, 11) is -1.50. The van der Waals surface area contributed by atoms with E-state index in [9.17, 15) is 0 Å². The van der Waals surface area contributed by atoms with Crippen molar-refractivity contribution < 1.29 is 9.47 Å². The Labute approximate surface area is 240 Å². The maximum absolute atomic E-state index is 5.40. The molecule has 4 aromatic rings. The minimum atomic E-state index is -1.50. The van der Waals surface area contributed by atoms with E-state index in [2.05, 4.69) is 85.1 Å². The number of nitrogens with one attached hydrogen (secondary N) is 2. The fourth-order valence-electron chi connectivity index (χ4n) is 4.64. The SMILES string of the molecule is CCOc1ccc(NC(=S)Nc2ccc(OCC)cc2)cc1.CC[PH](CC)(c1ccccc1)c1ccccc1. The van der Waals surface area contributed by atoms with Gasteiger partial charge in [-0.05, 0) is 74.6 Å². The second kappa shape index (κ2) is 15.9. The van der Waals surface area contributed by atoms with E-state index in [0.29, 0.717) is 18.3 Å². The van der Waals surface area contributed by atoms with E-state index < -0.39 is 7.26 Å². The first kappa shape index (κ1) is 30.1. The summed E-state index contributed by atoms with van der Waals surface area (Å²) >= 11 is 5.30. The summed E-state index contributed by atoms with van der Waals surface area (Å²) in [4.78, 5) is 0. The van der Waals surface area contributed by atoms with Crippen LogP contribution in [0.1, 0.15) is 27.7 Å². The topological polar surface area (TPSA) is 42.5 Å². The average molecular weight is 561 g/mol. The van der Waals surface area contributed by atoms with Gasteiger partial charge in [-0.3, -0.25) is 0 Å². The Morgan fingerprint density at radius 3 is 1.23 bits per heavy atom. The number of thiocarbonyl (C=S) groups is 1. The molecule has 0 fully saturated rings. The molecule has 2 N–H and O–H groups in total.